The van der Waals surface area contributed by atoms with Crippen molar-refractivity contribution in [3.63, 3.8) is 0 Å². The molecule has 0 radical (unpaired) electrons. The highest BCUT2D eigenvalue weighted by Crippen LogP contribution is 2.29. The Morgan fingerprint density at radius 2 is 1.55 bits per heavy atom. The maximum Gasteiger partial charge on any atom is 0.416 e. The van der Waals surface area contributed by atoms with Gasteiger partial charge in [0.1, 0.15) is 0 Å². The van der Waals surface area contributed by atoms with Crippen molar-refractivity contribution in [3.05, 3.63) is 87.8 Å². The lowest BCUT2D eigenvalue weighted by Crippen LogP contribution is -2.22. The minimum atomic E-state index is -4.40. The number of carbonyl (C=O) groups excluding carboxylic acids is 2. The van der Waals surface area contributed by atoms with E-state index in [2.05, 4.69) is 26.6 Å². The third-order valence-corrected chi connectivity index (χ3v) is 4.36. The van der Waals surface area contributed by atoms with Gasteiger partial charge in [-0.2, -0.15) is 13.2 Å². The smallest absolute Gasteiger partial charge is 0.416 e. The van der Waals surface area contributed by atoms with Crippen LogP contribution >= 0.6 is 15.9 Å². The maximum atomic E-state index is 12.6. The van der Waals surface area contributed by atoms with Gasteiger partial charge >= 0.3 is 6.18 Å². The van der Waals surface area contributed by atoms with Crippen molar-refractivity contribution >= 4 is 33.4 Å². The van der Waals surface area contributed by atoms with Gasteiger partial charge in [0.2, 0.25) is 0 Å². The van der Waals surface area contributed by atoms with Gasteiger partial charge in [-0.15, -0.1) is 0 Å². The molecule has 150 valence electrons. The molecule has 1 heterocycles. The normalized spacial score (nSPS) is 11.2. The predicted molar refractivity (Wildman–Crippen MR) is 103 cm³/mol. The Kier molecular flexibility index (Phi) is 6.07. The summed E-state index contributed by atoms with van der Waals surface area (Å²) in [7, 11) is 0. The maximum absolute atomic E-state index is 12.6. The molecule has 0 aliphatic carbocycles. The molecule has 5 nitrogen and oxygen atoms in total. The number of benzene rings is 2. The molecule has 0 atom stereocenters. The van der Waals surface area contributed by atoms with Gasteiger partial charge in [0, 0.05) is 17.8 Å². The largest absolute Gasteiger partial charge is 0.444 e. The lowest BCUT2D eigenvalue weighted by molar-refractivity contribution is -0.137. The van der Waals surface area contributed by atoms with Crippen molar-refractivity contribution in [3.8, 4) is 0 Å². The first-order valence-corrected chi connectivity index (χ1v) is 9.13. The Bertz CT molecular complexity index is 1010. The molecule has 0 saturated carbocycles. The van der Waals surface area contributed by atoms with E-state index >= 15 is 0 Å². The van der Waals surface area contributed by atoms with E-state index in [4.69, 9.17) is 4.42 Å². The van der Waals surface area contributed by atoms with E-state index in [1.54, 1.807) is 18.2 Å². The first-order chi connectivity index (χ1) is 13.7. The van der Waals surface area contributed by atoms with Crippen LogP contribution in [0.3, 0.4) is 0 Å². The highest BCUT2D eigenvalue weighted by atomic mass is 79.9. The van der Waals surface area contributed by atoms with Gasteiger partial charge in [-0.25, -0.2) is 0 Å². The molecule has 0 fully saturated rings. The van der Waals surface area contributed by atoms with Crippen LogP contribution in [0.2, 0.25) is 0 Å². The minimum Gasteiger partial charge on any atom is -0.444 e. The van der Waals surface area contributed by atoms with Crippen LogP contribution in [-0.2, 0) is 12.7 Å². The molecule has 0 spiro atoms. The Labute approximate surface area is 172 Å². The van der Waals surface area contributed by atoms with Gasteiger partial charge in [0.05, 0.1) is 5.56 Å². The molecular formula is C20H14BrF3N2O3. The van der Waals surface area contributed by atoms with Gasteiger partial charge in [0.15, 0.2) is 10.4 Å². The van der Waals surface area contributed by atoms with E-state index < -0.39 is 23.6 Å². The first-order valence-electron chi connectivity index (χ1n) is 8.33. The molecular weight excluding hydrogens is 453 g/mol. The number of hydrogen-bond acceptors (Lipinski definition) is 3. The van der Waals surface area contributed by atoms with Crippen LogP contribution < -0.4 is 10.6 Å². The molecule has 0 aliphatic heterocycles. The van der Waals surface area contributed by atoms with Crippen LogP contribution in [0, 0.1) is 0 Å². The lowest BCUT2D eigenvalue weighted by atomic mass is 10.1. The summed E-state index contributed by atoms with van der Waals surface area (Å²) in [6, 6.07) is 13.8. The van der Waals surface area contributed by atoms with Crippen molar-refractivity contribution < 1.29 is 27.2 Å². The summed E-state index contributed by atoms with van der Waals surface area (Å²) in [5.41, 5.74) is 0.615. The van der Waals surface area contributed by atoms with E-state index in [0.29, 0.717) is 21.5 Å². The minimum absolute atomic E-state index is 0.0861. The van der Waals surface area contributed by atoms with E-state index in [9.17, 15) is 22.8 Å². The second kappa shape index (κ2) is 8.52. The third-order valence-electron chi connectivity index (χ3n) is 3.94. The zero-order chi connectivity index (χ0) is 21.0. The molecule has 2 aromatic carbocycles. The molecule has 0 bridgehead atoms. The molecule has 0 aliphatic rings. The van der Waals surface area contributed by atoms with Crippen LogP contribution in [0.5, 0.6) is 0 Å². The van der Waals surface area contributed by atoms with Crippen molar-refractivity contribution in [1.29, 1.82) is 0 Å². The third kappa shape index (κ3) is 5.47. The molecule has 0 saturated heterocycles. The Morgan fingerprint density at radius 1 is 0.897 bits per heavy atom. The topological polar surface area (TPSA) is 71.3 Å². The Hall–Kier alpha value is -3.07. The number of alkyl halides is 3. The summed E-state index contributed by atoms with van der Waals surface area (Å²) in [5.74, 6) is -0.691. The zero-order valence-electron chi connectivity index (χ0n) is 14.7. The highest BCUT2D eigenvalue weighted by Gasteiger charge is 2.29. The molecule has 2 amide bonds. The number of furan rings is 1. The summed E-state index contributed by atoms with van der Waals surface area (Å²) in [5, 5.41) is 5.27. The average molecular weight is 467 g/mol. The van der Waals surface area contributed by atoms with Crippen molar-refractivity contribution in [2.75, 3.05) is 5.32 Å². The quantitative estimate of drug-likeness (QED) is 0.539. The SMILES string of the molecule is O=C(NCc1ccc(C(F)(F)F)cc1)c1ccc(NC(=O)c2ccc(Br)o2)cc1. The monoisotopic (exact) mass is 466 g/mol. The molecule has 2 N–H and O–H groups in total. The fourth-order valence-electron chi connectivity index (χ4n) is 2.43. The summed E-state index contributed by atoms with van der Waals surface area (Å²) in [6.45, 7) is 0.0861. The number of rotatable bonds is 5. The number of amides is 2. The van der Waals surface area contributed by atoms with Crippen molar-refractivity contribution in [2.45, 2.75) is 12.7 Å². The Balaban J connectivity index is 1.55. The van der Waals surface area contributed by atoms with Crippen molar-refractivity contribution in [1.82, 2.24) is 5.32 Å². The molecule has 1 aromatic heterocycles. The predicted octanol–water partition coefficient (Wildman–Crippen LogP) is 5.24. The van der Waals surface area contributed by atoms with Crippen LogP contribution in [0.25, 0.3) is 0 Å². The average Bonchev–Trinajstić information content (AvgIpc) is 3.13. The zero-order valence-corrected chi connectivity index (χ0v) is 16.3. The van der Waals surface area contributed by atoms with Gasteiger partial charge in [-0.1, -0.05) is 12.1 Å². The van der Waals surface area contributed by atoms with Gasteiger partial charge in [-0.3, -0.25) is 9.59 Å². The molecule has 3 rings (SSSR count). The van der Waals surface area contributed by atoms with Gasteiger partial charge in [-0.05, 0) is 70.0 Å². The molecule has 9 heteroatoms. The number of anilines is 1. The number of nitrogens with one attached hydrogen (secondary N) is 2. The summed E-state index contributed by atoms with van der Waals surface area (Å²) in [6.07, 6.45) is -4.40. The van der Waals surface area contributed by atoms with Crippen molar-refractivity contribution in [2.24, 2.45) is 0 Å². The molecule has 0 unspecified atom stereocenters. The van der Waals surface area contributed by atoms with Crippen LogP contribution in [0.4, 0.5) is 18.9 Å². The number of hydrogen-bond donors (Lipinski definition) is 2. The summed E-state index contributed by atoms with van der Waals surface area (Å²) < 4.78 is 43.3. The second-order valence-corrected chi connectivity index (χ2v) is 6.79. The van der Waals surface area contributed by atoms with Crippen LogP contribution in [-0.4, -0.2) is 11.8 Å². The van der Waals surface area contributed by atoms with E-state index in [0.717, 1.165) is 12.1 Å². The molecule has 3 aromatic rings. The van der Waals surface area contributed by atoms with Gasteiger partial charge < -0.3 is 15.1 Å². The fraction of sp³-hybridized carbons (Fsp3) is 0.100. The standard InChI is InChI=1S/C20H14BrF3N2O3/c21-17-10-9-16(29-17)19(28)26-15-7-3-13(4-8-15)18(27)25-11-12-1-5-14(6-2-12)20(22,23)24/h1-10H,11H2,(H,25,27)(H,26,28). The summed E-state index contributed by atoms with van der Waals surface area (Å²) >= 11 is 3.11. The molecule has 29 heavy (non-hydrogen) atoms. The fourth-order valence-corrected chi connectivity index (χ4v) is 2.74. The van der Waals surface area contributed by atoms with Crippen LogP contribution in [0.1, 0.15) is 32.0 Å². The van der Waals surface area contributed by atoms with E-state index in [1.807, 2.05) is 0 Å². The number of halogens is 4. The Morgan fingerprint density at radius 3 is 2.10 bits per heavy atom. The van der Waals surface area contributed by atoms with Gasteiger partial charge in [0.25, 0.3) is 11.8 Å². The first kappa shape index (κ1) is 20.7. The van der Waals surface area contributed by atoms with E-state index in [-0.39, 0.29) is 12.3 Å². The highest BCUT2D eigenvalue weighted by molar-refractivity contribution is 9.10. The van der Waals surface area contributed by atoms with Crippen LogP contribution in [0.15, 0.2) is 69.8 Å². The summed E-state index contributed by atoms with van der Waals surface area (Å²) in [4.78, 5) is 24.2. The lowest BCUT2D eigenvalue weighted by Gasteiger charge is -2.09. The second-order valence-electron chi connectivity index (χ2n) is 6.01. The number of carbonyl (C=O) groups is 2. The van der Waals surface area contributed by atoms with E-state index in [1.165, 1.54) is 30.3 Å².